The van der Waals surface area contributed by atoms with Crippen LogP contribution in [0.3, 0.4) is 0 Å². The van der Waals surface area contributed by atoms with E-state index in [1.165, 1.54) is 0 Å². The molecule has 0 N–H and O–H groups in total. The first-order valence-corrected chi connectivity index (χ1v) is 6.84. The van der Waals surface area contributed by atoms with Crippen molar-refractivity contribution in [3.05, 3.63) is 28.5 Å². The molecule has 0 aliphatic carbocycles. The second-order valence-corrected chi connectivity index (χ2v) is 4.96. The number of ether oxygens (including phenoxy) is 2. The van der Waals surface area contributed by atoms with Crippen molar-refractivity contribution in [2.75, 3.05) is 33.4 Å². The highest BCUT2D eigenvalue weighted by atomic mass is 32.1. The van der Waals surface area contributed by atoms with Gasteiger partial charge in [0.25, 0.3) is 0 Å². The molecule has 0 saturated carbocycles. The maximum absolute atomic E-state index is 11.9. The van der Waals surface area contributed by atoms with Crippen LogP contribution in [0.4, 0.5) is 0 Å². The number of thiophene rings is 1. The van der Waals surface area contributed by atoms with E-state index in [1.807, 2.05) is 22.9 Å². The number of amides is 1. The summed E-state index contributed by atoms with van der Waals surface area (Å²) >= 11 is 1.62. The van der Waals surface area contributed by atoms with E-state index in [0.717, 1.165) is 5.56 Å². The van der Waals surface area contributed by atoms with Crippen molar-refractivity contribution in [1.29, 1.82) is 0 Å². The highest BCUT2D eigenvalue weighted by Crippen LogP contribution is 2.08. The number of hydrogen-bond donors (Lipinski definition) is 0. The molecule has 18 heavy (non-hydrogen) atoms. The van der Waals surface area contributed by atoms with Crippen LogP contribution in [-0.2, 0) is 14.3 Å². The number of likely N-dealkylation sites (N-methyl/N-ethyl adjacent to an activating group) is 1. The van der Waals surface area contributed by atoms with E-state index >= 15 is 0 Å². The summed E-state index contributed by atoms with van der Waals surface area (Å²) in [6, 6.07) is 1.98. The van der Waals surface area contributed by atoms with Crippen molar-refractivity contribution in [1.82, 2.24) is 4.90 Å². The molecule has 1 aromatic heterocycles. The largest absolute Gasteiger partial charge is 0.376 e. The first-order valence-electron chi connectivity index (χ1n) is 5.90. The number of nitrogens with zero attached hydrogens (tertiary/aromatic N) is 1. The zero-order chi connectivity index (χ0) is 12.8. The minimum absolute atomic E-state index is 0.0118. The molecule has 0 spiro atoms. The Morgan fingerprint density at radius 3 is 3.17 bits per heavy atom. The molecule has 0 radical (unpaired) electrons. The van der Waals surface area contributed by atoms with Gasteiger partial charge in [0, 0.05) is 19.7 Å². The summed E-state index contributed by atoms with van der Waals surface area (Å²) in [6.07, 6.45) is 3.40. The van der Waals surface area contributed by atoms with Gasteiger partial charge in [-0.1, -0.05) is 0 Å². The first kappa shape index (κ1) is 13.3. The van der Waals surface area contributed by atoms with Gasteiger partial charge in [-0.15, -0.1) is 0 Å². The van der Waals surface area contributed by atoms with Crippen LogP contribution in [0.2, 0.25) is 0 Å². The predicted molar refractivity (Wildman–Crippen MR) is 71.5 cm³/mol. The zero-order valence-corrected chi connectivity index (χ0v) is 11.2. The molecule has 98 valence electrons. The lowest BCUT2D eigenvalue weighted by Gasteiger charge is -2.26. The molecule has 5 heteroatoms. The Bertz CT molecular complexity index is 396. The third-order valence-electron chi connectivity index (χ3n) is 2.70. The maximum atomic E-state index is 11.9. The van der Waals surface area contributed by atoms with Crippen LogP contribution >= 0.6 is 11.3 Å². The predicted octanol–water partition coefficient (Wildman–Crippen LogP) is 1.64. The van der Waals surface area contributed by atoms with Crippen LogP contribution < -0.4 is 0 Å². The molecule has 1 aliphatic rings. The highest BCUT2D eigenvalue weighted by Gasteiger charge is 2.17. The maximum Gasteiger partial charge on any atom is 0.246 e. The lowest BCUT2D eigenvalue weighted by Crippen LogP contribution is -2.40. The normalized spacial score (nSPS) is 20.2. The van der Waals surface area contributed by atoms with E-state index in [2.05, 4.69) is 0 Å². The highest BCUT2D eigenvalue weighted by molar-refractivity contribution is 7.08. The van der Waals surface area contributed by atoms with E-state index in [9.17, 15) is 4.79 Å². The molecule has 4 nitrogen and oxygen atoms in total. The van der Waals surface area contributed by atoms with Crippen molar-refractivity contribution >= 4 is 23.3 Å². The van der Waals surface area contributed by atoms with Gasteiger partial charge in [-0.2, -0.15) is 11.3 Å². The summed E-state index contributed by atoms with van der Waals surface area (Å²) in [5, 5.41) is 3.99. The number of carbonyl (C=O) groups is 1. The van der Waals surface area contributed by atoms with E-state index in [0.29, 0.717) is 26.4 Å². The minimum atomic E-state index is -0.0182. The third-order valence-corrected chi connectivity index (χ3v) is 3.40. The lowest BCUT2D eigenvalue weighted by molar-refractivity contribution is -0.131. The van der Waals surface area contributed by atoms with Gasteiger partial charge in [0.05, 0.1) is 25.9 Å². The smallest absolute Gasteiger partial charge is 0.246 e. The first-order chi connectivity index (χ1) is 8.75. The minimum Gasteiger partial charge on any atom is -0.376 e. The average molecular weight is 267 g/mol. The van der Waals surface area contributed by atoms with Crippen LogP contribution in [0.1, 0.15) is 5.56 Å². The Balaban J connectivity index is 1.80. The summed E-state index contributed by atoms with van der Waals surface area (Å²) in [7, 11) is 1.78. The second-order valence-electron chi connectivity index (χ2n) is 4.18. The van der Waals surface area contributed by atoms with Gasteiger partial charge in [0.1, 0.15) is 0 Å². The van der Waals surface area contributed by atoms with Gasteiger partial charge in [-0.3, -0.25) is 4.79 Å². The molecule has 1 atom stereocenters. The Hall–Kier alpha value is -1.17. The quantitative estimate of drug-likeness (QED) is 0.778. The summed E-state index contributed by atoms with van der Waals surface area (Å²) in [5.74, 6) is -0.0182. The SMILES string of the molecule is CN(C[C@H]1COCCO1)C(=O)/C=C/c1ccsc1. The van der Waals surface area contributed by atoms with Gasteiger partial charge < -0.3 is 14.4 Å². The molecular formula is C13H17NO3S. The molecule has 1 saturated heterocycles. The lowest BCUT2D eigenvalue weighted by atomic mass is 10.3. The molecule has 2 rings (SSSR count). The van der Waals surface area contributed by atoms with Gasteiger partial charge in [-0.25, -0.2) is 0 Å². The van der Waals surface area contributed by atoms with Crippen molar-refractivity contribution < 1.29 is 14.3 Å². The van der Waals surface area contributed by atoms with Crippen LogP contribution in [0.5, 0.6) is 0 Å². The number of carbonyl (C=O) groups excluding carboxylic acids is 1. The molecule has 1 aromatic rings. The Morgan fingerprint density at radius 2 is 2.50 bits per heavy atom. The zero-order valence-electron chi connectivity index (χ0n) is 10.4. The summed E-state index contributed by atoms with van der Waals surface area (Å²) in [5.41, 5.74) is 1.05. The van der Waals surface area contributed by atoms with E-state index in [1.54, 1.807) is 29.4 Å². The van der Waals surface area contributed by atoms with Crippen molar-refractivity contribution in [3.63, 3.8) is 0 Å². The van der Waals surface area contributed by atoms with Gasteiger partial charge in [-0.05, 0) is 28.5 Å². The Labute approximate surface area is 111 Å². The topological polar surface area (TPSA) is 38.8 Å². The van der Waals surface area contributed by atoms with Crippen LogP contribution in [0, 0.1) is 0 Å². The van der Waals surface area contributed by atoms with Crippen molar-refractivity contribution in [2.24, 2.45) is 0 Å². The fraction of sp³-hybridized carbons (Fsp3) is 0.462. The Morgan fingerprint density at radius 1 is 1.61 bits per heavy atom. The molecule has 1 fully saturated rings. The molecule has 0 aromatic carbocycles. The van der Waals surface area contributed by atoms with Crippen molar-refractivity contribution in [2.45, 2.75) is 6.10 Å². The number of hydrogen-bond acceptors (Lipinski definition) is 4. The van der Waals surface area contributed by atoms with Gasteiger partial charge in [0.2, 0.25) is 5.91 Å². The molecule has 0 bridgehead atoms. The van der Waals surface area contributed by atoms with E-state index in [4.69, 9.17) is 9.47 Å². The third kappa shape index (κ3) is 3.94. The molecule has 2 heterocycles. The molecule has 0 unspecified atom stereocenters. The average Bonchev–Trinajstić information content (AvgIpc) is 2.90. The molecule has 1 aliphatic heterocycles. The summed E-state index contributed by atoms with van der Waals surface area (Å²) in [6.45, 7) is 2.38. The summed E-state index contributed by atoms with van der Waals surface area (Å²) < 4.78 is 10.8. The molecule has 1 amide bonds. The van der Waals surface area contributed by atoms with Crippen LogP contribution in [0.25, 0.3) is 6.08 Å². The van der Waals surface area contributed by atoms with E-state index < -0.39 is 0 Å². The fourth-order valence-corrected chi connectivity index (χ4v) is 2.33. The number of rotatable bonds is 4. The second kappa shape index (κ2) is 6.68. The molecular weight excluding hydrogens is 250 g/mol. The van der Waals surface area contributed by atoms with Crippen LogP contribution in [-0.4, -0.2) is 50.3 Å². The van der Waals surface area contributed by atoms with Gasteiger partial charge >= 0.3 is 0 Å². The monoisotopic (exact) mass is 267 g/mol. The fourth-order valence-electron chi connectivity index (χ4n) is 1.70. The standard InChI is InChI=1S/C13H17NO3S/c1-14(8-12-9-16-5-6-17-12)13(15)3-2-11-4-7-18-10-11/h2-4,7,10,12H,5-6,8-9H2,1H3/b3-2+/t12-/m0/s1. The van der Waals surface area contributed by atoms with Gasteiger partial charge in [0.15, 0.2) is 0 Å². The summed E-state index contributed by atoms with van der Waals surface area (Å²) in [4.78, 5) is 13.5. The van der Waals surface area contributed by atoms with Crippen molar-refractivity contribution in [3.8, 4) is 0 Å². The van der Waals surface area contributed by atoms with E-state index in [-0.39, 0.29) is 12.0 Å². The Kier molecular flexibility index (Phi) is 4.92. The van der Waals surface area contributed by atoms with Crippen LogP contribution in [0.15, 0.2) is 22.9 Å².